The van der Waals surface area contributed by atoms with Crippen LogP contribution in [0.15, 0.2) is 39.6 Å². The summed E-state index contributed by atoms with van der Waals surface area (Å²) in [5.74, 6) is -1.76. The van der Waals surface area contributed by atoms with Crippen molar-refractivity contribution in [2.75, 3.05) is 0 Å². The van der Waals surface area contributed by atoms with Gasteiger partial charge in [-0.25, -0.2) is 14.4 Å². The zero-order valence-corrected chi connectivity index (χ0v) is 15.5. The van der Waals surface area contributed by atoms with E-state index in [0.717, 1.165) is 5.69 Å². The second-order valence-corrected chi connectivity index (χ2v) is 8.35. The summed E-state index contributed by atoms with van der Waals surface area (Å²) < 4.78 is 26.3. The molecule has 0 radical (unpaired) electrons. The third kappa shape index (κ3) is 3.38. The van der Waals surface area contributed by atoms with Crippen LogP contribution in [-0.4, -0.2) is 9.97 Å². The van der Waals surface area contributed by atoms with Gasteiger partial charge >= 0.3 is 0 Å². The predicted octanol–water partition coefficient (Wildman–Crippen LogP) is 4.58. The predicted molar refractivity (Wildman–Crippen MR) is 93.4 cm³/mol. The fourth-order valence-corrected chi connectivity index (χ4v) is 2.33. The largest absolute Gasteiger partial charge is 0.444 e. The van der Waals surface area contributed by atoms with Gasteiger partial charge in [0.2, 0.25) is 5.89 Å². The van der Waals surface area contributed by atoms with E-state index in [1.807, 2.05) is 41.5 Å². The third-order valence-electron chi connectivity index (χ3n) is 3.99. The Morgan fingerprint density at radius 1 is 0.960 bits per heavy atom. The molecule has 134 valence electrons. The Morgan fingerprint density at radius 2 is 1.56 bits per heavy atom. The van der Waals surface area contributed by atoms with Crippen LogP contribution in [0.5, 0.6) is 0 Å². The molecule has 0 spiro atoms. The maximum Gasteiger partial charge on any atom is 0.276 e. The highest BCUT2D eigenvalue weighted by atomic mass is 19.1. The lowest BCUT2D eigenvalue weighted by atomic mass is 9.93. The standard InChI is InChI=1S/C19H24FN3O2/c1-17(2,3)13-10-24-15(21-13)12-8-7-9-19(20,23-12)16-22-14(11-25-16)18(4,5)6/h7-11,23H,1-6H3. The zero-order valence-electron chi connectivity index (χ0n) is 15.5. The molecule has 1 aliphatic rings. The minimum atomic E-state index is -2.05. The fourth-order valence-electron chi connectivity index (χ4n) is 2.33. The maximum atomic E-state index is 15.4. The molecule has 0 aliphatic carbocycles. The molecule has 6 heteroatoms. The highest BCUT2D eigenvalue weighted by molar-refractivity contribution is 5.62. The van der Waals surface area contributed by atoms with Crippen molar-refractivity contribution >= 4 is 5.70 Å². The molecular weight excluding hydrogens is 321 g/mol. The molecule has 1 unspecified atom stereocenters. The van der Waals surface area contributed by atoms with Gasteiger partial charge in [-0.05, 0) is 12.2 Å². The van der Waals surface area contributed by atoms with Gasteiger partial charge in [0.05, 0.1) is 11.4 Å². The van der Waals surface area contributed by atoms with Gasteiger partial charge in [0, 0.05) is 10.8 Å². The first-order valence-electron chi connectivity index (χ1n) is 8.28. The summed E-state index contributed by atoms with van der Waals surface area (Å²) in [5, 5.41) is 2.79. The van der Waals surface area contributed by atoms with Crippen molar-refractivity contribution in [2.24, 2.45) is 0 Å². The van der Waals surface area contributed by atoms with E-state index in [4.69, 9.17) is 8.83 Å². The Labute approximate surface area is 147 Å². The smallest absolute Gasteiger partial charge is 0.276 e. The van der Waals surface area contributed by atoms with Crippen LogP contribution >= 0.6 is 0 Å². The number of alkyl halides is 1. The van der Waals surface area contributed by atoms with Crippen molar-refractivity contribution in [2.45, 2.75) is 58.2 Å². The van der Waals surface area contributed by atoms with Crippen LogP contribution in [0.25, 0.3) is 5.70 Å². The van der Waals surface area contributed by atoms with E-state index >= 15 is 4.39 Å². The van der Waals surface area contributed by atoms with Gasteiger partial charge < -0.3 is 14.2 Å². The van der Waals surface area contributed by atoms with Crippen LogP contribution in [-0.2, 0) is 16.6 Å². The number of aromatic nitrogens is 2. The van der Waals surface area contributed by atoms with Crippen LogP contribution in [0.3, 0.4) is 0 Å². The lowest BCUT2D eigenvalue weighted by molar-refractivity contribution is 0.156. The van der Waals surface area contributed by atoms with Gasteiger partial charge in [0.25, 0.3) is 11.7 Å². The van der Waals surface area contributed by atoms with Gasteiger partial charge in [-0.15, -0.1) is 0 Å². The first kappa shape index (κ1) is 17.5. The third-order valence-corrected chi connectivity index (χ3v) is 3.99. The summed E-state index contributed by atoms with van der Waals surface area (Å²) in [6.45, 7) is 12.1. The fraction of sp³-hybridized carbons (Fsp3) is 0.474. The number of rotatable bonds is 2. The monoisotopic (exact) mass is 345 g/mol. The first-order valence-corrected chi connectivity index (χ1v) is 8.28. The highest BCUT2D eigenvalue weighted by Gasteiger charge is 2.39. The van der Waals surface area contributed by atoms with Crippen molar-refractivity contribution < 1.29 is 13.2 Å². The molecule has 3 heterocycles. The lowest BCUT2D eigenvalue weighted by Crippen LogP contribution is -2.37. The second kappa shape index (κ2) is 5.58. The Hall–Kier alpha value is -2.37. The van der Waals surface area contributed by atoms with E-state index in [1.165, 1.54) is 12.3 Å². The number of halogens is 1. The number of dihydropyridines is 1. The van der Waals surface area contributed by atoms with Crippen LogP contribution in [0.1, 0.15) is 64.7 Å². The summed E-state index contributed by atoms with van der Waals surface area (Å²) in [4.78, 5) is 8.78. The topological polar surface area (TPSA) is 64.1 Å². The van der Waals surface area contributed by atoms with Crippen molar-refractivity contribution in [3.8, 4) is 0 Å². The van der Waals surface area contributed by atoms with Gasteiger partial charge in [-0.2, -0.15) is 0 Å². The highest BCUT2D eigenvalue weighted by Crippen LogP contribution is 2.33. The molecule has 1 aliphatic heterocycles. The van der Waals surface area contributed by atoms with Crippen molar-refractivity contribution in [1.29, 1.82) is 0 Å². The van der Waals surface area contributed by atoms with Gasteiger partial charge in [-0.1, -0.05) is 47.6 Å². The summed E-state index contributed by atoms with van der Waals surface area (Å²) in [6, 6.07) is 0. The average molecular weight is 345 g/mol. The molecule has 0 amide bonds. The van der Waals surface area contributed by atoms with E-state index in [9.17, 15) is 0 Å². The van der Waals surface area contributed by atoms with Crippen molar-refractivity contribution in [1.82, 2.24) is 15.3 Å². The minimum absolute atomic E-state index is 0.0399. The molecule has 2 aromatic heterocycles. The molecule has 5 nitrogen and oxygen atoms in total. The number of nitrogens with one attached hydrogen (secondary N) is 1. The Kier molecular flexibility index (Phi) is 3.89. The molecule has 2 aromatic rings. The molecule has 0 fully saturated rings. The van der Waals surface area contributed by atoms with Crippen molar-refractivity contribution in [3.05, 3.63) is 53.9 Å². The lowest BCUT2D eigenvalue weighted by Gasteiger charge is -2.24. The maximum absolute atomic E-state index is 15.4. The molecule has 3 rings (SSSR count). The summed E-state index contributed by atoms with van der Waals surface area (Å²) in [5.41, 5.74) is 1.56. The first-order chi connectivity index (χ1) is 11.5. The van der Waals surface area contributed by atoms with Crippen LogP contribution in [0, 0.1) is 0 Å². The molecule has 1 atom stereocenters. The average Bonchev–Trinajstić information content (AvgIpc) is 3.16. The number of hydrogen-bond acceptors (Lipinski definition) is 5. The summed E-state index contributed by atoms with van der Waals surface area (Å²) >= 11 is 0. The number of hydrogen-bond donors (Lipinski definition) is 1. The molecule has 0 saturated carbocycles. The summed E-state index contributed by atoms with van der Waals surface area (Å²) in [6.07, 6.45) is 7.77. The molecular formula is C19H24FN3O2. The summed E-state index contributed by atoms with van der Waals surface area (Å²) in [7, 11) is 0. The Bertz CT molecular complexity index is 833. The van der Waals surface area contributed by atoms with E-state index in [1.54, 1.807) is 18.4 Å². The van der Waals surface area contributed by atoms with Crippen LogP contribution in [0.4, 0.5) is 4.39 Å². The normalized spacial score (nSPS) is 21.2. The van der Waals surface area contributed by atoms with E-state index in [0.29, 0.717) is 17.3 Å². The van der Waals surface area contributed by atoms with Crippen LogP contribution < -0.4 is 5.32 Å². The molecule has 0 saturated heterocycles. The molecule has 1 N–H and O–H groups in total. The van der Waals surface area contributed by atoms with Gasteiger partial charge in [0.15, 0.2) is 0 Å². The SMILES string of the molecule is CC(C)(C)c1coc(C2=CC=CC(F)(c3nc(C(C)(C)C)co3)N2)n1. The quantitative estimate of drug-likeness (QED) is 0.807. The minimum Gasteiger partial charge on any atom is -0.444 e. The Balaban J connectivity index is 1.88. The molecule has 25 heavy (non-hydrogen) atoms. The van der Waals surface area contributed by atoms with E-state index in [-0.39, 0.29) is 16.7 Å². The van der Waals surface area contributed by atoms with Crippen molar-refractivity contribution in [3.63, 3.8) is 0 Å². The molecule has 0 bridgehead atoms. The van der Waals surface area contributed by atoms with E-state index < -0.39 is 5.79 Å². The molecule has 0 aromatic carbocycles. The Morgan fingerprint density at radius 3 is 2.12 bits per heavy atom. The second-order valence-electron chi connectivity index (χ2n) is 8.35. The van der Waals surface area contributed by atoms with Gasteiger partial charge in [0.1, 0.15) is 18.2 Å². The van der Waals surface area contributed by atoms with E-state index in [2.05, 4.69) is 15.3 Å². The number of allylic oxidation sites excluding steroid dienone is 2. The van der Waals surface area contributed by atoms with Gasteiger partial charge in [-0.3, -0.25) is 0 Å². The number of nitrogens with zero attached hydrogens (tertiary/aromatic N) is 2. The number of oxazole rings is 2. The zero-order chi connectivity index (χ0) is 18.5. The van der Waals surface area contributed by atoms with Crippen LogP contribution in [0.2, 0.25) is 0 Å².